The van der Waals surface area contributed by atoms with Gasteiger partial charge in [0.2, 0.25) is 0 Å². The van der Waals surface area contributed by atoms with Gasteiger partial charge < -0.3 is 0 Å². The van der Waals surface area contributed by atoms with E-state index in [9.17, 15) is 4.79 Å². The number of Topliss-reactive ketones (excluding diaryl/α,β-unsaturated/α-hetero) is 1. The summed E-state index contributed by atoms with van der Waals surface area (Å²) >= 11 is 0. The molecule has 0 radical (unpaired) electrons. The van der Waals surface area contributed by atoms with Gasteiger partial charge in [0.25, 0.3) is 0 Å². The van der Waals surface area contributed by atoms with Gasteiger partial charge in [-0.1, -0.05) is 18.0 Å². The van der Waals surface area contributed by atoms with Crippen LogP contribution in [-0.2, 0) is 4.79 Å². The summed E-state index contributed by atoms with van der Waals surface area (Å²) in [6, 6.07) is 0. The van der Waals surface area contributed by atoms with E-state index < -0.39 is 0 Å². The molecule has 1 rings (SSSR count). The summed E-state index contributed by atoms with van der Waals surface area (Å²) in [6.45, 7) is 0.536. The first kappa shape index (κ1) is 10.1. The summed E-state index contributed by atoms with van der Waals surface area (Å²) in [6.07, 6.45) is 5.62. The van der Waals surface area contributed by atoms with Gasteiger partial charge in [-0.3, -0.25) is 4.79 Å². The van der Waals surface area contributed by atoms with Gasteiger partial charge in [-0.25, -0.2) is 0 Å². The zero-order valence-corrected chi connectivity index (χ0v) is 7.78. The van der Waals surface area contributed by atoms with Crippen LogP contribution in [0.15, 0.2) is 5.11 Å². The number of hydrogen-bond donors (Lipinski definition) is 0. The molecule has 1 aliphatic carbocycles. The molecular weight excluding hydrogens is 166 g/mol. The number of carbonyl (C=O) groups excluding carboxylic acids is 1. The normalized spacial score (nSPS) is 23.4. The molecule has 0 aliphatic heterocycles. The van der Waals surface area contributed by atoms with Gasteiger partial charge in [-0.05, 0) is 24.3 Å². The second-order valence-electron chi connectivity index (χ2n) is 3.60. The minimum absolute atomic E-state index is 0.378. The molecule has 4 nitrogen and oxygen atoms in total. The fourth-order valence-corrected chi connectivity index (χ4v) is 1.81. The molecule has 1 unspecified atom stereocenters. The summed E-state index contributed by atoms with van der Waals surface area (Å²) in [5.41, 5.74) is 8.09. The number of rotatable bonds is 3. The lowest BCUT2D eigenvalue weighted by Gasteiger charge is -2.10. The van der Waals surface area contributed by atoms with Gasteiger partial charge >= 0.3 is 0 Å². The molecule has 0 aromatic rings. The van der Waals surface area contributed by atoms with Crippen molar-refractivity contribution in [3.8, 4) is 0 Å². The van der Waals surface area contributed by atoms with Crippen molar-refractivity contribution >= 4 is 5.78 Å². The Morgan fingerprint density at radius 1 is 1.54 bits per heavy atom. The molecule has 0 saturated heterocycles. The lowest BCUT2D eigenvalue weighted by molar-refractivity contribution is -0.119. The molecule has 1 fully saturated rings. The molecule has 0 aromatic heterocycles. The standard InChI is InChI=1S/C9H15N3O/c10-12-11-6-5-8-3-1-2-4-9(13)7-8/h8H,1-7H2. The number of ketones is 1. The summed E-state index contributed by atoms with van der Waals surface area (Å²) < 4.78 is 0. The van der Waals surface area contributed by atoms with E-state index in [0.29, 0.717) is 24.7 Å². The second kappa shape index (κ2) is 5.60. The van der Waals surface area contributed by atoms with Crippen LogP contribution in [0.2, 0.25) is 0 Å². The Hall–Kier alpha value is -1.02. The maximum Gasteiger partial charge on any atom is 0.133 e. The molecule has 0 heterocycles. The van der Waals surface area contributed by atoms with Crippen LogP contribution in [0.4, 0.5) is 0 Å². The third-order valence-electron chi connectivity index (χ3n) is 2.53. The van der Waals surface area contributed by atoms with E-state index in [4.69, 9.17) is 5.53 Å². The molecule has 1 aliphatic rings. The third-order valence-corrected chi connectivity index (χ3v) is 2.53. The first-order valence-electron chi connectivity index (χ1n) is 4.85. The number of hydrogen-bond acceptors (Lipinski definition) is 2. The maximum atomic E-state index is 11.2. The molecule has 13 heavy (non-hydrogen) atoms. The zero-order chi connectivity index (χ0) is 9.52. The Morgan fingerprint density at radius 3 is 3.15 bits per heavy atom. The van der Waals surface area contributed by atoms with E-state index in [2.05, 4.69) is 10.0 Å². The minimum Gasteiger partial charge on any atom is -0.300 e. The molecular formula is C9H15N3O. The van der Waals surface area contributed by atoms with Gasteiger partial charge in [0.15, 0.2) is 0 Å². The maximum absolute atomic E-state index is 11.2. The van der Waals surface area contributed by atoms with E-state index in [-0.39, 0.29) is 0 Å². The van der Waals surface area contributed by atoms with Crippen molar-refractivity contribution in [2.45, 2.75) is 38.5 Å². The Morgan fingerprint density at radius 2 is 2.38 bits per heavy atom. The Labute approximate surface area is 77.9 Å². The first-order chi connectivity index (χ1) is 6.33. The van der Waals surface area contributed by atoms with Crippen molar-refractivity contribution in [1.82, 2.24) is 0 Å². The van der Waals surface area contributed by atoms with Crippen LogP contribution in [0.3, 0.4) is 0 Å². The lowest BCUT2D eigenvalue weighted by atomic mass is 9.96. The highest BCUT2D eigenvalue weighted by molar-refractivity contribution is 5.78. The van der Waals surface area contributed by atoms with Crippen molar-refractivity contribution in [3.63, 3.8) is 0 Å². The molecule has 0 amide bonds. The highest BCUT2D eigenvalue weighted by Crippen LogP contribution is 2.23. The highest BCUT2D eigenvalue weighted by atomic mass is 16.1. The molecule has 1 atom stereocenters. The van der Waals surface area contributed by atoms with Crippen LogP contribution in [0, 0.1) is 5.92 Å². The van der Waals surface area contributed by atoms with E-state index in [0.717, 1.165) is 32.1 Å². The van der Waals surface area contributed by atoms with Crippen LogP contribution < -0.4 is 0 Å². The summed E-state index contributed by atoms with van der Waals surface area (Å²) in [5.74, 6) is 0.837. The Kier molecular flexibility index (Phi) is 4.33. The Balaban J connectivity index is 2.30. The molecule has 0 aromatic carbocycles. The number of nitrogens with zero attached hydrogens (tertiary/aromatic N) is 3. The minimum atomic E-state index is 0.378. The van der Waals surface area contributed by atoms with Crippen molar-refractivity contribution in [2.75, 3.05) is 6.54 Å². The molecule has 72 valence electrons. The van der Waals surface area contributed by atoms with Crippen LogP contribution in [0.5, 0.6) is 0 Å². The quantitative estimate of drug-likeness (QED) is 0.286. The smallest absolute Gasteiger partial charge is 0.133 e. The third kappa shape index (κ3) is 3.95. The molecule has 0 spiro atoms. The van der Waals surface area contributed by atoms with Gasteiger partial charge in [0.1, 0.15) is 5.78 Å². The second-order valence-corrected chi connectivity index (χ2v) is 3.60. The Bertz CT molecular complexity index is 221. The fraction of sp³-hybridized carbons (Fsp3) is 0.889. The van der Waals surface area contributed by atoms with Crippen molar-refractivity contribution in [2.24, 2.45) is 11.0 Å². The van der Waals surface area contributed by atoms with Gasteiger partial charge in [0.05, 0.1) is 0 Å². The van der Waals surface area contributed by atoms with Crippen LogP contribution >= 0.6 is 0 Å². The van der Waals surface area contributed by atoms with Gasteiger partial charge in [-0.2, -0.15) is 0 Å². The summed E-state index contributed by atoms with van der Waals surface area (Å²) in [7, 11) is 0. The highest BCUT2D eigenvalue weighted by Gasteiger charge is 2.16. The average Bonchev–Trinajstić information content (AvgIpc) is 2.31. The van der Waals surface area contributed by atoms with Crippen molar-refractivity contribution in [1.29, 1.82) is 0 Å². The van der Waals surface area contributed by atoms with E-state index in [1.807, 2.05) is 0 Å². The average molecular weight is 181 g/mol. The fourth-order valence-electron chi connectivity index (χ4n) is 1.81. The number of carbonyl (C=O) groups is 1. The largest absolute Gasteiger partial charge is 0.300 e. The SMILES string of the molecule is [N-]=[N+]=NCCC1CCCCC(=O)C1. The predicted octanol–water partition coefficient (Wildman–Crippen LogP) is 2.84. The van der Waals surface area contributed by atoms with Crippen LogP contribution in [-0.4, -0.2) is 12.3 Å². The van der Waals surface area contributed by atoms with E-state index in [1.165, 1.54) is 0 Å². The van der Waals surface area contributed by atoms with Gasteiger partial charge in [-0.15, -0.1) is 0 Å². The predicted molar refractivity (Wildman–Crippen MR) is 50.2 cm³/mol. The monoisotopic (exact) mass is 181 g/mol. The summed E-state index contributed by atoms with van der Waals surface area (Å²) in [5, 5.41) is 3.49. The molecule has 0 N–H and O–H groups in total. The van der Waals surface area contributed by atoms with Gasteiger partial charge in [0, 0.05) is 24.3 Å². The van der Waals surface area contributed by atoms with Crippen LogP contribution in [0.25, 0.3) is 10.4 Å². The van der Waals surface area contributed by atoms with Crippen molar-refractivity contribution < 1.29 is 4.79 Å². The van der Waals surface area contributed by atoms with Crippen LogP contribution in [0.1, 0.15) is 38.5 Å². The van der Waals surface area contributed by atoms with E-state index in [1.54, 1.807) is 0 Å². The lowest BCUT2D eigenvalue weighted by Crippen LogP contribution is -2.06. The summed E-state index contributed by atoms with van der Waals surface area (Å²) in [4.78, 5) is 13.9. The van der Waals surface area contributed by atoms with E-state index >= 15 is 0 Å². The zero-order valence-electron chi connectivity index (χ0n) is 7.78. The number of azide groups is 1. The molecule has 1 saturated carbocycles. The van der Waals surface area contributed by atoms with Crippen molar-refractivity contribution in [3.05, 3.63) is 10.4 Å². The first-order valence-corrected chi connectivity index (χ1v) is 4.85. The topological polar surface area (TPSA) is 65.8 Å². The molecule has 4 heteroatoms. The molecule has 0 bridgehead atoms.